The predicted octanol–water partition coefficient (Wildman–Crippen LogP) is 1.32. The Labute approximate surface area is 95.2 Å². The number of carbonyl (C=O) groups is 1. The summed E-state index contributed by atoms with van der Waals surface area (Å²) in [6, 6.07) is 5.48. The van der Waals surface area contributed by atoms with Crippen LogP contribution in [-0.2, 0) is 4.79 Å². The Kier molecular flexibility index (Phi) is 2.83. The summed E-state index contributed by atoms with van der Waals surface area (Å²) in [7, 11) is 3.43. The van der Waals surface area contributed by atoms with Crippen molar-refractivity contribution in [3.63, 3.8) is 0 Å². The lowest BCUT2D eigenvalue weighted by molar-refractivity contribution is -0.119. The molecule has 1 amide bonds. The molecule has 0 bridgehead atoms. The first-order chi connectivity index (χ1) is 7.69. The first kappa shape index (κ1) is 11.0. The molecule has 4 heteroatoms. The minimum absolute atomic E-state index is 0.0881. The molecule has 0 spiro atoms. The van der Waals surface area contributed by atoms with Crippen molar-refractivity contribution < 1.29 is 9.53 Å². The number of hydrogen-bond acceptors (Lipinski definition) is 3. The third-order valence-corrected chi connectivity index (χ3v) is 2.89. The van der Waals surface area contributed by atoms with Gasteiger partial charge in [-0.05, 0) is 24.7 Å². The van der Waals surface area contributed by atoms with Crippen LogP contribution in [0.15, 0.2) is 18.2 Å². The van der Waals surface area contributed by atoms with E-state index in [0.717, 1.165) is 23.5 Å². The molecule has 86 valence electrons. The molecule has 4 nitrogen and oxygen atoms in total. The number of hydrogen-bond donors (Lipinski definition) is 1. The maximum atomic E-state index is 12.0. The lowest BCUT2D eigenvalue weighted by Crippen LogP contribution is -2.32. The molecule has 2 rings (SSSR count). The fourth-order valence-electron chi connectivity index (χ4n) is 2.04. The number of carbonyl (C=O) groups excluding carboxylic acids is 1. The molecule has 1 aliphatic rings. The van der Waals surface area contributed by atoms with E-state index in [1.807, 2.05) is 25.1 Å². The van der Waals surface area contributed by atoms with Gasteiger partial charge < -0.3 is 15.0 Å². The summed E-state index contributed by atoms with van der Waals surface area (Å²) in [5, 5.41) is 3.19. The van der Waals surface area contributed by atoms with Gasteiger partial charge in [0.25, 0.3) is 0 Å². The fraction of sp³-hybridized carbons (Fsp3) is 0.417. The SMILES string of the molecule is CCNC1C(=O)N(C)c2ccc(OC)cc21. The van der Waals surface area contributed by atoms with E-state index in [1.54, 1.807) is 19.1 Å². The van der Waals surface area contributed by atoms with Gasteiger partial charge in [-0.15, -0.1) is 0 Å². The first-order valence-electron chi connectivity index (χ1n) is 5.38. The molecule has 0 aromatic heterocycles. The van der Waals surface area contributed by atoms with Crippen LogP contribution in [0.2, 0.25) is 0 Å². The minimum Gasteiger partial charge on any atom is -0.497 e. The quantitative estimate of drug-likeness (QED) is 0.835. The van der Waals surface area contributed by atoms with Crippen LogP contribution in [0.5, 0.6) is 5.75 Å². The lowest BCUT2D eigenvalue weighted by atomic mass is 10.1. The number of rotatable bonds is 3. The predicted molar refractivity (Wildman–Crippen MR) is 62.8 cm³/mol. The zero-order valence-electron chi connectivity index (χ0n) is 9.78. The number of likely N-dealkylation sites (N-methyl/N-ethyl adjacent to an activating group) is 2. The van der Waals surface area contributed by atoms with Crippen molar-refractivity contribution in [3.8, 4) is 5.75 Å². The zero-order chi connectivity index (χ0) is 11.7. The maximum absolute atomic E-state index is 12.0. The molecule has 0 saturated heterocycles. The highest BCUT2D eigenvalue weighted by Gasteiger charge is 2.34. The van der Waals surface area contributed by atoms with Crippen molar-refractivity contribution >= 4 is 11.6 Å². The summed E-state index contributed by atoms with van der Waals surface area (Å²) >= 11 is 0. The number of ether oxygens (including phenoxy) is 1. The Morgan fingerprint density at radius 2 is 2.25 bits per heavy atom. The summed E-state index contributed by atoms with van der Waals surface area (Å²) in [6.45, 7) is 2.76. The highest BCUT2D eigenvalue weighted by Crippen LogP contribution is 2.36. The molecule has 0 aliphatic carbocycles. The van der Waals surface area contributed by atoms with Crippen molar-refractivity contribution in [1.82, 2.24) is 5.32 Å². The van der Waals surface area contributed by atoms with E-state index in [4.69, 9.17) is 4.74 Å². The minimum atomic E-state index is -0.236. The summed E-state index contributed by atoms with van der Waals surface area (Å²) in [5.41, 5.74) is 1.95. The van der Waals surface area contributed by atoms with Crippen LogP contribution in [0.4, 0.5) is 5.69 Å². The smallest absolute Gasteiger partial charge is 0.248 e. The molecule has 16 heavy (non-hydrogen) atoms. The highest BCUT2D eigenvalue weighted by atomic mass is 16.5. The number of methoxy groups -OCH3 is 1. The van der Waals surface area contributed by atoms with Gasteiger partial charge >= 0.3 is 0 Å². The van der Waals surface area contributed by atoms with Gasteiger partial charge in [0, 0.05) is 18.3 Å². The molecular formula is C12H16N2O2. The van der Waals surface area contributed by atoms with E-state index >= 15 is 0 Å². The first-order valence-corrected chi connectivity index (χ1v) is 5.38. The van der Waals surface area contributed by atoms with Gasteiger partial charge in [0.2, 0.25) is 5.91 Å². The standard InChI is InChI=1S/C12H16N2O2/c1-4-13-11-9-7-8(16-3)5-6-10(9)14(2)12(11)15/h5-7,11,13H,4H2,1-3H3. The second-order valence-electron chi connectivity index (χ2n) is 3.81. The topological polar surface area (TPSA) is 41.6 Å². The Morgan fingerprint density at radius 1 is 1.50 bits per heavy atom. The summed E-state index contributed by atoms with van der Waals surface area (Å²) < 4.78 is 5.18. The molecule has 1 heterocycles. The zero-order valence-corrected chi connectivity index (χ0v) is 9.78. The Bertz CT molecular complexity index is 417. The van der Waals surface area contributed by atoms with Crippen molar-refractivity contribution in [2.75, 3.05) is 25.6 Å². The number of nitrogens with zero attached hydrogens (tertiary/aromatic N) is 1. The highest BCUT2D eigenvalue weighted by molar-refractivity contribution is 6.04. The van der Waals surface area contributed by atoms with Gasteiger partial charge in [-0.1, -0.05) is 6.92 Å². The average molecular weight is 220 g/mol. The lowest BCUT2D eigenvalue weighted by Gasteiger charge is -2.11. The monoisotopic (exact) mass is 220 g/mol. The van der Waals surface area contributed by atoms with Gasteiger partial charge in [0.05, 0.1) is 7.11 Å². The molecule has 0 fully saturated rings. The fourth-order valence-corrected chi connectivity index (χ4v) is 2.04. The van der Waals surface area contributed by atoms with E-state index in [1.165, 1.54) is 0 Å². The van der Waals surface area contributed by atoms with Gasteiger partial charge in [0.1, 0.15) is 11.8 Å². The van der Waals surface area contributed by atoms with Gasteiger partial charge in [-0.25, -0.2) is 0 Å². The van der Waals surface area contributed by atoms with E-state index in [9.17, 15) is 4.79 Å². The third kappa shape index (κ3) is 1.55. The Morgan fingerprint density at radius 3 is 2.88 bits per heavy atom. The normalized spacial score (nSPS) is 18.8. The van der Waals surface area contributed by atoms with E-state index < -0.39 is 0 Å². The molecular weight excluding hydrogens is 204 g/mol. The van der Waals surface area contributed by atoms with Gasteiger partial charge in [-0.3, -0.25) is 4.79 Å². The molecule has 1 unspecified atom stereocenters. The number of benzene rings is 1. The number of nitrogens with one attached hydrogen (secondary N) is 1. The molecule has 1 aromatic carbocycles. The largest absolute Gasteiger partial charge is 0.497 e. The van der Waals surface area contributed by atoms with E-state index in [2.05, 4.69) is 5.32 Å². The van der Waals surface area contributed by atoms with Crippen LogP contribution >= 0.6 is 0 Å². The number of fused-ring (bicyclic) bond motifs is 1. The van der Waals surface area contributed by atoms with E-state index in [-0.39, 0.29) is 11.9 Å². The van der Waals surface area contributed by atoms with Gasteiger partial charge in [0.15, 0.2) is 0 Å². The maximum Gasteiger partial charge on any atom is 0.248 e. The van der Waals surface area contributed by atoms with Crippen molar-refractivity contribution in [3.05, 3.63) is 23.8 Å². The molecule has 1 N–H and O–H groups in total. The molecule has 0 radical (unpaired) electrons. The van der Waals surface area contributed by atoms with Crippen LogP contribution in [0.3, 0.4) is 0 Å². The van der Waals surface area contributed by atoms with Crippen LogP contribution < -0.4 is 15.0 Å². The van der Waals surface area contributed by atoms with Crippen molar-refractivity contribution in [2.45, 2.75) is 13.0 Å². The van der Waals surface area contributed by atoms with E-state index in [0.29, 0.717) is 0 Å². The Balaban J connectivity index is 2.44. The third-order valence-electron chi connectivity index (χ3n) is 2.89. The van der Waals surface area contributed by atoms with Crippen LogP contribution in [0.1, 0.15) is 18.5 Å². The van der Waals surface area contributed by atoms with Crippen LogP contribution in [-0.4, -0.2) is 26.6 Å². The summed E-state index contributed by atoms with van der Waals surface area (Å²) in [5.74, 6) is 0.870. The van der Waals surface area contributed by atoms with Crippen LogP contribution in [0.25, 0.3) is 0 Å². The average Bonchev–Trinajstić information content (AvgIpc) is 2.54. The summed E-state index contributed by atoms with van der Waals surface area (Å²) in [4.78, 5) is 13.7. The second-order valence-corrected chi connectivity index (χ2v) is 3.81. The number of anilines is 1. The molecule has 1 atom stereocenters. The van der Waals surface area contributed by atoms with Gasteiger partial charge in [-0.2, -0.15) is 0 Å². The molecule has 1 aromatic rings. The van der Waals surface area contributed by atoms with Crippen molar-refractivity contribution in [1.29, 1.82) is 0 Å². The molecule has 1 aliphatic heterocycles. The summed E-state index contributed by atoms with van der Waals surface area (Å²) in [6.07, 6.45) is 0. The number of amides is 1. The molecule has 0 saturated carbocycles. The van der Waals surface area contributed by atoms with Crippen molar-refractivity contribution in [2.24, 2.45) is 0 Å². The van der Waals surface area contributed by atoms with Crippen LogP contribution in [0, 0.1) is 0 Å². The Hall–Kier alpha value is -1.55. The second kappa shape index (κ2) is 4.14.